The standard InChI is InChI=1S/C12H27N.2H3O4P/c1-4-7-10-13(11-8-5-2)12-9-6-3;2*1-5(2,3)4/h4-12H2,1-3H3;2*(H3,1,2,3,4). The van der Waals surface area contributed by atoms with E-state index in [9.17, 15) is 0 Å². The SMILES string of the molecule is CCCCN(CCCC)CCCC.O=P(O)(O)O.O=P(O)(O)O. The van der Waals surface area contributed by atoms with Gasteiger partial charge in [0.15, 0.2) is 0 Å². The third-order valence-electron chi connectivity index (χ3n) is 2.48. The molecule has 11 heteroatoms. The number of nitrogens with zero attached hydrogens (tertiary/aromatic N) is 1. The van der Waals surface area contributed by atoms with Gasteiger partial charge in [0.25, 0.3) is 0 Å². The Morgan fingerprint density at radius 1 is 0.609 bits per heavy atom. The Morgan fingerprint density at radius 2 is 0.783 bits per heavy atom. The van der Waals surface area contributed by atoms with E-state index in [-0.39, 0.29) is 0 Å². The van der Waals surface area contributed by atoms with Gasteiger partial charge < -0.3 is 34.3 Å². The summed E-state index contributed by atoms with van der Waals surface area (Å²) in [5, 5.41) is 0. The van der Waals surface area contributed by atoms with E-state index in [2.05, 4.69) is 25.7 Å². The molecule has 0 atom stereocenters. The summed E-state index contributed by atoms with van der Waals surface area (Å²) in [5.74, 6) is 0. The predicted molar refractivity (Wildman–Crippen MR) is 89.7 cm³/mol. The summed E-state index contributed by atoms with van der Waals surface area (Å²) in [5.41, 5.74) is 0. The van der Waals surface area contributed by atoms with Crippen LogP contribution in [0.5, 0.6) is 0 Å². The zero-order valence-electron chi connectivity index (χ0n) is 14.2. The van der Waals surface area contributed by atoms with Crippen molar-refractivity contribution >= 4 is 15.6 Å². The summed E-state index contributed by atoms with van der Waals surface area (Å²) in [6.45, 7) is 10.8. The van der Waals surface area contributed by atoms with Gasteiger partial charge in [-0.1, -0.05) is 40.0 Å². The highest BCUT2D eigenvalue weighted by Gasteiger charge is 2.02. The van der Waals surface area contributed by atoms with Crippen LogP contribution in [0.1, 0.15) is 59.3 Å². The molecule has 0 aromatic rings. The van der Waals surface area contributed by atoms with Crippen LogP contribution in [0, 0.1) is 0 Å². The Morgan fingerprint density at radius 3 is 0.913 bits per heavy atom. The molecule has 0 rings (SSSR count). The van der Waals surface area contributed by atoms with Crippen molar-refractivity contribution in [2.75, 3.05) is 19.6 Å². The number of unbranched alkanes of at least 4 members (excludes halogenated alkanes) is 3. The molecule has 0 bridgehead atoms. The Kier molecular flexibility index (Phi) is 20.7. The Hall–Kier alpha value is 0.180. The largest absolute Gasteiger partial charge is 0.466 e. The highest BCUT2D eigenvalue weighted by Crippen LogP contribution is 2.26. The van der Waals surface area contributed by atoms with Gasteiger partial charge in [-0.3, -0.25) is 0 Å². The lowest BCUT2D eigenvalue weighted by Gasteiger charge is -2.21. The van der Waals surface area contributed by atoms with Gasteiger partial charge in [-0.2, -0.15) is 0 Å². The maximum absolute atomic E-state index is 8.88. The van der Waals surface area contributed by atoms with Gasteiger partial charge in [-0.05, 0) is 38.9 Å². The van der Waals surface area contributed by atoms with E-state index < -0.39 is 15.6 Å². The molecule has 0 heterocycles. The monoisotopic (exact) mass is 381 g/mol. The van der Waals surface area contributed by atoms with Crippen molar-refractivity contribution in [1.82, 2.24) is 4.90 Å². The molecule has 0 aromatic carbocycles. The van der Waals surface area contributed by atoms with Crippen molar-refractivity contribution < 1.29 is 38.5 Å². The molecule has 0 saturated carbocycles. The fourth-order valence-electron chi connectivity index (χ4n) is 1.48. The average Bonchev–Trinajstić information content (AvgIpc) is 2.34. The van der Waals surface area contributed by atoms with Gasteiger partial charge in [0.1, 0.15) is 0 Å². The first-order valence-electron chi connectivity index (χ1n) is 7.64. The molecule has 23 heavy (non-hydrogen) atoms. The average molecular weight is 381 g/mol. The number of phosphoric acid groups is 2. The minimum atomic E-state index is -4.64. The van der Waals surface area contributed by atoms with Gasteiger partial charge in [0.2, 0.25) is 0 Å². The summed E-state index contributed by atoms with van der Waals surface area (Å²) in [6, 6.07) is 0. The second kappa shape index (κ2) is 17.0. The lowest BCUT2D eigenvalue weighted by molar-refractivity contribution is 0.261. The van der Waals surface area contributed by atoms with E-state index >= 15 is 0 Å². The predicted octanol–water partition coefficient (Wildman–Crippen LogP) is 1.83. The molecular formula is C12H33NO8P2. The summed E-state index contributed by atoms with van der Waals surface area (Å²) >= 11 is 0. The van der Waals surface area contributed by atoms with Crippen LogP contribution in [0.25, 0.3) is 0 Å². The van der Waals surface area contributed by atoms with Crippen LogP contribution in [0.2, 0.25) is 0 Å². The molecule has 0 spiro atoms. The van der Waals surface area contributed by atoms with E-state index in [0.29, 0.717) is 0 Å². The van der Waals surface area contributed by atoms with Crippen molar-refractivity contribution in [3.63, 3.8) is 0 Å². The lowest BCUT2D eigenvalue weighted by atomic mass is 10.2. The normalized spacial score (nSPS) is 11.4. The van der Waals surface area contributed by atoms with Crippen molar-refractivity contribution in [3.05, 3.63) is 0 Å². The quantitative estimate of drug-likeness (QED) is 0.328. The molecule has 0 aliphatic rings. The minimum absolute atomic E-state index is 1.32. The Labute approximate surface area is 138 Å². The van der Waals surface area contributed by atoms with Crippen molar-refractivity contribution in [1.29, 1.82) is 0 Å². The van der Waals surface area contributed by atoms with Crippen LogP contribution in [-0.4, -0.2) is 53.9 Å². The van der Waals surface area contributed by atoms with E-state index in [1.807, 2.05) is 0 Å². The molecule has 0 aliphatic carbocycles. The second-order valence-corrected chi connectivity index (χ2v) is 6.98. The lowest BCUT2D eigenvalue weighted by Crippen LogP contribution is -2.27. The number of hydrogen-bond donors (Lipinski definition) is 6. The van der Waals surface area contributed by atoms with Gasteiger partial charge in [0.05, 0.1) is 0 Å². The van der Waals surface area contributed by atoms with Crippen LogP contribution in [0.4, 0.5) is 0 Å². The second-order valence-electron chi connectivity index (χ2n) is 4.93. The molecule has 6 N–H and O–H groups in total. The topological polar surface area (TPSA) is 159 Å². The van der Waals surface area contributed by atoms with Crippen LogP contribution in [0.3, 0.4) is 0 Å². The highest BCUT2D eigenvalue weighted by molar-refractivity contribution is 7.45. The Bertz CT molecular complexity index is 275. The van der Waals surface area contributed by atoms with Crippen molar-refractivity contribution in [3.8, 4) is 0 Å². The van der Waals surface area contributed by atoms with E-state index in [1.54, 1.807) is 0 Å². The Balaban J connectivity index is -0.000000329. The van der Waals surface area contributed by atoms with Gasteiger partial charge in [0, 0.05) is 0 Å². The zero-order valence-corrected chi connectivity index (χ0v) is 16.0. The third-order valence-corrected chi connectivity index (χ3v) is 2.48. The fraction of sp³-hybridized carbons (Fsp3) is 1.00. The molecule has 144 valence electrons. The maximum Gasteiger partial charge on any atom is 0.466 e. The van der Waals surface area contributed by atoms with Gasteiger partial charge in [-0.25, -0.2) is 9.13 Å². The molecule has 0 radical (unpaired) electrons. The van der Waals surface area contributed by atoms with Gasteiger partial charge in [-0.15, -0.1) is 0 Å². The van der Waals surface area contributed by atoms with Crippen molar-refractivity contribution in [2.24, 2.45) is 0 Å². The zero-order chi connectivity index (χ0) is 18.9. The molecule has 0 aliphatic heterocycles. The molecule has 0 saturated heterocycles. The molecular weight excluding hydrogens is 348 g/mol. The molecule has 0 aromatic heterocycles. The first-order chi connectivity index (χ1) is 10.3. The first-order valence-corrected chi connectivity index (χ1v) is 10.8. The first kappa shape index (κ1) is 28.0. The summed E-state index contributed by atoms with van der Waals surface area (Å²) in [4.78, 5) is 45.8. The fourth-order valence-corrected chi connectivity index (χ4v) is 1.48. The molecule has 0 amide bonds. The maximum atomic E-state index is 8.88. The van der Waals surface area contributed by atoms with E-state index in [0.717, 1.165) is 0 Å². The molecule has 0 unspecified atom stereocenters. The number of hydrogen-bond acceptors (Lipinski definition) is 3. The van der Waals surface area contributed by atoms with E-state index in [1.165, 1.54) is 58.2 Å². The highest BCUT2D eigenvalue weighted by atomic mass is 31.2. The third kappa shape index (κ3) is 60.9. The van der Waals surface area contributed by atoms with E-state index in [4.69, 9.17) is 38.5 Å². The molecule has 0 fully saturated rings. The van der Waals surface area contributed by atoms with Crippen LogP contribution < -0.4 is 0 Å². The summed E-state index contributed by atoms with van der Waals surface area (Å²) < 4.78 is 17.8. The van der Waals surface area contributed by atoms with Crippen molar-refractivity contribution in [2.45, 2.75) is 59.3 Å². The molecule has 9 nitrogen and oxygen atoms in total. The van der Waals surface area contributed by atoms with Crippen LogP contribution >= 0.6 is 15.6 Å². The summed E-state index contributed by atoms with van der Waals surface area (Å²) in [7, 11) is -9.28. The minimum Gasteiger partial charge on any atom is -0.303 e. The van der Waals surface area contributed by atoms with Crippen LogP contribution in [0.15, 0.2) is 0 Å². The van der Waals surface area contributed by atoms with Crippen LogP contribution in [-0.2, 0) is 9.13 Å². The smallest absolute Gasteiger partial charge is 0.303 e. The number of rotatable bonds is 9. The summed E-state index contributed by atoms with van der Waals surface area (Å²) in [6.07, 6.45) is 8.09. The van der Waals surface area contributed by atoms with Gasteiger partial charge >= 0.3 is 15.6 Å².